The summed E-state index contributed by atoms with van der Waals surface area (Å²) in [5, 5.41) is -0.513. The highest BCUT2D eigenvalue weighted by atomic mass is 35.5. The zero-order valence-electron chi connectivity index (χ0n) is 4.49. The van der Waals surface area contributed by atoms with Crippen LogP contribution in [0.3, 0.4) is 0 Å². The van der Waals surface area contributed by atoms with Crippen molar-refractivity contribution in [1.82, 2.24) is 0 Å². The molecule has 0 bridgehead atoms. The van der Waals surface area contributed by atoms with Crippen molar-refractivity contribution >= 4 is 16.8 Å². The molecule has 1 nitrogen and oxygen atoms in total. The summed E-state index contributed by atoms with van der Waals surface area (Å²) < 4.78 is 0. The Morgan fingerprint density at radius 3 is 2.38 bits per heavy atom. The van der Waals surface area contributed by atoms with Gasteiger partial charge in [-0.3, -0.25) is 4.79 Å². The molecule has 42 valence electrons. The third kappa shape index (κ3) is 2.44. The lowest BCUT2D eigenvalue weighted by Gasteiger charge is -1.77. The third-order valence-electron chi connectivity index (χ3n) is 0.571. The first kappa shape index (κ1) is 7.26. The van der Waals surface area contributed by atoms with E-state index in [1.54, 1.807) is 6.92 Å². The molecule has 0 atom stereocenters. The molecule has 0 spiro atoms. The molecule has 0 aliphatic carbocycles. The number of halogens is 1. The average Bonchev–Trinajstić information content (AvgIpc) is 1.67. The molecular formula is C6H5ClO. The van der Waals surface area contributed by atoms with Crippen molar-refractivity contribution in [1.29, 1.82) is 0 Å². The Labute approximate surface area is 53.0 Å². The summed E-state index contributed by atoms with van der Waals surface area (Å²) in [5.74, 6) is 0. The minimum Gasteiger partial charge on any atom is -0.275 e. The first-order chi connectivity index (χ1) is 3.68. The van der Waals surface area contributed by atoms with Crippen LogP contribution in [0.25, 0.3) is 0 Å². The van der Waals surface area contributed by atoms with Crippen LogP contribution in [0.5, 0.6) is 0 Å². The van der Waals surface area contributed by atoms with Crippen molar-refractivity contribution in [2.24, 2.45) is 0 Å². The molecule has 0 saturated heterocycles. The molecule has 0 heterocycles. The van der Waals surface area contributed by atoms with Gasteiger partial charge >= 0.3 is 0 Å². The second-order valence-electron chi connectivity index (χ2n) is 1.20. The van der Waals surface area contributed by atoms with Crippen LogP contribution >= 0.6 is 11.6 Å². The predicted molar refractivity (Wildman–Crippen MR) is 32.7 cm³/mol. The van der Waals surface area contributed by atoms with Gasteiger partial charge in [0.15, 0.2) is 0 Å². The third-order valence-corrected chi connectivity index (χ3v) is 0.854. The maximum Gasteiger partial charge on any atom is 0.256 e. The highest BCUT2D eigenvalue weighted by Gasteiger charge is 1.93. The van der Waals surface area contributed by atoms with Gasteiger partial charge in [-0.1, -0.05) is 11.5 Å². The van der Waals surface area contributed by atoms with Gasteiger partial charge in [0, 0.05) is 0 Å². The minimum absolute atomic E-state index is 0.335. The largest absolute Gasteiger partial charge is 0.275 e. The summed E-state index contributed by atoms with van der Waals surface area (Å²) in [6.07, 6.45) is 0. The summed E-state index contributed by atoms with van der Waals surface area (Å²) in [7, 11) is 0. The van der Waals surface area contributed by atoms with E-state index < -0.39 is 5.24 Å². The molecule has 0 aromatic carbocycles. The van der Waals surface area contributed by atoms with Gasteiger partial charge in [0.05, 0.1) is 5.57 Å². The Balaban J connectivity index is 4.48. The summed E-state index contributed by atoms with van der Waals surface area (Å²) in [4.78, 5) is 10.1. The molecule has 0 unspecified atom stereocenters. The fraction of sp³-hybridized carbons (Fsp3) is 0.167. The van der Waals surface area contributed by atoms with Gasteiger partial charge in [0.2, 0.25) is 0 Å². The van der Waals surface area contributed by atoms with Gasteiger partial charge in [-0.15, -0.1) is 0 Å². The van der Waals surface area contributed by atoms with E-state index in [9.17, 15) is 4.79 Å². The predicted octanol–water partition coefficient (Wildman–Crippen LogP) is 1.64. The van der Waals surface area contributed by atoms with Crippen LogP contribution in [0.1, 0.15) is 6.92 Å². The maximum absolute atomic E-state index is 10.1. The van der Waals surface area contributed by atoms with Gasteiger partial charge in [-0.2, -0.15) is 0 Å². The molecular weight excluding hydrogens is 124 g/mol. The summed E-state index contributed by atoms with van der Waals surface area (Å²) >= 11 is 5.00. The van der Waals surface area contributed by atoms with Crippen molar-refractivity contribution in [2.75, 3.05) is 0 Å². The number of hydrogen-bond donors (Lipinski definition) is 0. The Morgan fingerprint density at radius 2 is 2.25 bits per heavy atom. The van der Waals surface area contributed by atoms with E-state index in [2.05, 4.69) is 18.0 Å². The molecule has 2 heteroatoms. The number of hydrogen-bond acceptors (Lipinski definition) is 1. The lowest BCUT2D eigenvalue weighted by molar-refractivity contribution is -0.108. The summed E-state index contributed by atoms with van der Waals surface area (Å²) in [6.45, 7) is 4.76. The van der Waals surface area contributed by atoms with E-state index in [1.165, 1.54) is 0 Å². The van der Waals surface area contributed by atoms with Crippen LogP contribution in [0, 0.1) is 0 Å². The van der Waals surface area contributed by atoms with Crippen molar-refractivity contribution in [3.05, 3.63) is 23.6 Å². The Kier molecular flexibility index (Phi) is 2.98. The van der Waals surface area contributed by atoms with Crippen LogP contribution in [0.4, 0.5) is 0 Å². The van der Waals surface area contributed by atoms with Crippen LogP contribution in [-0.2, 0) is 4.79 Å². The van der Waals surface area contributed by atoms with Crippen LogP contribution in [0.15, 0.2) is 23.6 Å². The molecule has 0 radical (unpaired) electrons. The van der Waals surface area contributed by atoms with Gasteiger partial charge in [-0.05, 0) is 25.1 Å². The Hall–Kier alpha value is -0.740. The van der Waals surface area contributed by atoms with Gasteiger partial charge in [0.1, 0.15) is 0 Å². The first-order valence-corrected chi connectivity index (χ1v) is 2.37. The lowest BCUT2D eigenvalue weighted by atomic mass is 10.4. The zero-order chi connectivity index (χ0) is 6.57. The Bertz CT molecular complexity index is 181. The van der Waals surface area contributed by atoms with E-state index in [0.29, 0.717) is 5.57 Å². The lowest BCUT2D eigenvalue weighted by Crippen LogP contribution is -1.82. The number of carbonyl (C=O) groups excluding carboxylic acids is 1. The molecule has 0 aliphatic rings. The maximum atomic E-state index is 10.1. The molecule has 0 aromatic rings. The molecule has 0 aromatic heterocycles. The molecule has 0 rings (SSSR count). The molecule has 0 amide bonds. The molecule has 8 heavy (non-hydrogen) atoms. The van der Waals surface area contributed by atoms with Gasteiger partial charge in [0.25, 0.3) is 5.24 Å². The molecule has 0 aliphatic heterocycles. The highest BCUT2D eigenvalue weighted by Crippen LogP contribution is 1.93. The summed E-state index contributed by atoms with van der Waals surface area (Å²) in [6, 6.07) is 0. The van der Waals surface area contributed by atoms with Crippen molar-refractivity contribution < 1.29 is 4.79 Å². The molecule has 0 N–H and O–H groups in total. The van der Waals surface area contributed by atoms with Crippen LogP contribution in [0.2, 0.25) is 0 Å². The highest BCUT2D eigenvalue weighted by molar-refractivity contribution is 6.67. The second kappa shape index (κ2) is 3.29. The fourth-order valence-electron chi connectivity index (χ4n) is 0.182. The van der Waals surface area contributed by atoms with E-state index >= 15 is 0 Å². The smallest absolute Gasteiger partial charge is 0.256 e. The van der Waals surface area contributed by atoms with Crippen LogP contribution in [-0.4, -0.2) is 5.24 Å². The van der Waals surface area contributed by atoms with Crippen molar-refractivity contribution in [3.63, 3.8) is 0 Å². The van der Waals surface area contributed by atoms with Gasteiger partial charge < -0.3 is 0 Å². The topological polar surface area (TPSA) is 17.1 Å². The standard InChI is InChI=1S/C6H5ClO/c1-3-4-5(2)6(7)8/h1H2,2H3. The van der Waals surface area contributed by atoms with E-state index in [0.717, 1.165) is 0 Å². The Morgan fingerprint density at radius 1 is 1.75 bits per heavy atom. The first-order valence-electron chi connectivity index (χ1n) is 2.00. The number of rotatable bonds is 1. The van der Waals surface area contributed by atoms with Crippen molar-refractivity contribution in [2.45, 2.75) is 6.92 Å². The monoisotopic (exact) mass is 128 g/mol. The average molecular weight is 129 g/mol. The quantitative estimate of drug-likeness (QED) is 0.298. The van der Waals surface area contributed by atoms with Crippen LogP contribution < -0.4 is 0 Å². The number of carbonyl (C=O) groups is 1. The van der Waals surface area contributed by atoms with Gasteiger partial charge in [-0.25, -0.2) is 0 Å². The summed E-state index contributed by atoms with van der Waals surface area (Å²) in [5.41, 5.74) is 5.06. The molecule has 0 fully saturated rings. The fourth-order valence-corrected chi connectivity index (χ4v) is 0.229. The number of allylic oxidation sites excluding steroid dienone is 1. The normalized spacial score (nSPS) is 6.75. The zero-order valence-corrected chi connectivity index (χ0v) is 5.25. The SMILES string of the molecule is C=C=C=C(C)C(=O)Cl. The van der Waals surface area contributed by atoms with E-state index in [-0.39, 0.29) is 0 Å². The van der Waals surface area contributed by atoms with Crippen molar-refractivity contribution in [3.8, 4) is 0 Å². The minimum atomic E-state index is -0.513. The van der Waals surface area contributed by atoms with E-state index in [1.807, 2.05) is 0 Å². The molecule has 0 saturated carbocycles. The second-order valence-corrected chi connectivity index (χ2v) is 1.54. The van der Waals surface area contributed by atoms with E-state index in [4.69, 9.17) is 11.6 Å².